The van der Waals surface area contributed by atoms with Crippen molar-refractivity contribution in [3.8, 4) is 0 Å². The van der Waals surface area contributed by atoms with E-state index < -0.39 is 56.7 Å². The maximum absolute atomic E-state index is 14.4. The molecule has 0 saturated carbocycles. The third kappa shape index (κ3) is 8.48. The van der Waals surface area contributed by atoms with Crippen molar-refractivity contribution < 1.29 is 36.6 Å². The second kappa shape index (κ2) is 17.4. The van der Waals surface area contributed by atoms with Gasteiger partial charge in [0.05, 0.1) is 12.0 Å². The smallest absolute Gasteiger partial charge is 0.359 e. The van der Waals surface area contributed by atoms with Crippen LogP contribution in [0.25, 0.3) is 0 Å². The van der Waals surface area contributed by atoms with Crippen LogP contribution >= 0.6 is 23.3 Å². The zero-order valence-corrected chi connectivity index (χ0v) is 34.7. The zero-order chi connectivity index (χ0) is 42.6. The topological polar surface area (TPSA) is 192 Å². The molecule has 2 atom stereocenters. The summed E-state index contributed by atoms with van der Waals surface area (Å²) in [6.07, 6.45) is -0.0878. The lowest BCUT2D eigenvalue weighted by atomic mass is 9.80. The Morgan fingerprint density at radius 3 is 1.77 bits per heavy atom. The molecule has 14 nitrogen and oxygen atoms in total. The Labute approximate surface area is 359 Å². The number of amides is 2. The number of rotatable bonds is 14. The molecule has 8 rings (SSSR count). The SMILES string of the molecule is CS(=O)(=O)OC1=C(C(=O)OC(c2ccccc2)c2ccccc2)N2C(=O)C(NC(=O)/C(=N\OC(c3ccccc3)(c3ccccc3)c3ccccc3)c3nsc(N)n3)C2SC1. The molecule has 1 fully saturated rings. The first-order chi connectivity index (χ1) is 29.5. The number of thioether (sulfide) groups is 1. The number of ether oxygens (including phenoxy) is 1. The molecule has 1 aromatic heterocycles. The van der Waals surface area contributed by atoms with Crippen LogP contribution in [0.3, 0.4) is 0 Å². The van der Waals surface area contributed by atoms with E-state index in [4.69, 9.17) is 19.5 Å². The van der Waals surface area contributed by atoms with Crippen molar-refractivity contribution in [2.24, 2.45) is 5.16 Å². The van der Waals surface area contributed by atoms with Crippen LogP contribution in [0, 0.1) is 0 Å². The van der Waals surface area contributed by atoms with E-state index in [1.165, 1.54) is 0 Å². The average molecular weight is 873 g/mol. The number of nitrogens with zero attached hydrogens (tertiary/aromatic N) is 4. The number of β-lactam (4-membered cyclic amide) rings is 1. The molecule has 0 spiro atoms. The number of anilines is 1. The number of nitrogen functional groups attached to an aromatic ring is 1. The molecule has 2 aliphatic heterocycles. The number of aromatic nitrogens is 2. The van der Waals surface area contributed by atoms with Gasteiger partial charge in [-0.3, -0.25) is 14.5 Å². The monoisotopic (exact) mass is 872 g/mol. The summed E-state index contributed by atoms with van der Waals surface area (Å²) in [4.78, 5) is 54.7. The van der Waals surface area contributed by atoms with Crippen molar-refractivity contribution in [2.45, 2.75) is 23.1 Å². The molecule has 5 aromatic carbocycles. The van der Waals surface area contributed by atoms with E-state index in [0.29, 0.717) is 27.8 Å². The first-order valence-electron chi connectivity index (χ1n) is 18.7. The van der Waals surface area contributed by atoms with Crippen molar-refractivity contribution in [2.75, 3.05) is 17.7 Å². The van der Waals surface area contributed by atoms with Gasteiger partial charge in [-0.2, -0.15) is 17.8 Å². The molecule has 2 aliphatic rings. The number of nitrogens with one attached hydrogen (secondary N) is 1. The van der Waals surface area contributed by atoms with Gasteiger partial charge in [0.25, 0.3) is 11.8 Å². The van der Waals surface area contributed by atoms with Gasteiger partial charge in [0.1, 0.15) is 11.4 Å². The Kier molecular flexibility index (Phi) is 11.7. The van der Waals surface area contributed by atoms with E-state index in [9.17, 15) is 22.8 Å². The first-order valence-corrected chi connectivity index (χ1v) is 22.4. The van der Waals surface area contributed by atoms with Crippen molar-refractivity contribution in [3.63, 3.8) is 0 Å². The van der Waals surface area contributed by atoms with Crippen molar-refractivity contribution in [1.29, 1.82) is 0 Å². The van der Waals surface area contributed by atoms with Crippen LogP contribution in [-0.2, 0) is 43.9 Å². The van der Waals surface area contributed by atoms with Crippen molar-refractivity contribution in [1.82, 2.24) is 19.6 Å². The lowest BCUT2D eigenvalue weighted by Crippen LogP contribution is -2.71. The highest BCUT2D eigenvalue weighted by molar-refractivity contribution is 8.00. The molecule has 2 amide bonds. The van der Waals surface area contributed by atoms with E-state index in [0.717, 1.165) is 34.5 Å². The quantitative estimate of drug-likeness (QED) is 0.0337. The van der Waals surface area contributed by atoms with E-state index in [1.807, 2.05) is 103 Å². The van der Waals surface area contributed by atoms with Gasteiger partial charge in [0.2, 0.25) is 17.1 Å². The predicted octanol–water partition coefficient (Wildman–Crippen LogP) is 5.75. The normalized spacial score (nSPS) is 16.7. The maximum Gasteiger partial charge on any atom is 0.359 e. The molecule has 3 N–H and O–H groups in total. The lowest BCUT2D eigenvalue weighted by Gasteiger charge is -2.49. The minimum atomic E-state index is -4.15. The molecular weight excluding hydrogens is 837 g/mol. The van der Waals surface area contributed by atoms with Gasteiger partial charge in [0.15, 0.2) is 22.7 Å². The summed E-state index contributed by atoms with van der Waals surface area (Å²) in [5.74, 6) is -3.20. The number of hydrogen-bond acceptors (Lipinski definition) is 14. The third-order valence-electron chi connectivity index (χ3n) is 9.78. The number of fused-ring (bicyclic) bond motifs is 1. The second-order valence-electron chi connectivity index (χ2n) is 13.8. The largest absolute Gasteiger partial charge is 0.448 e. The van der Waals surface area contributed by atoms with E-state index >= 15 is 0 Å². The van der Waals surface area contributed by atoms with Crippen LogP contribution in [0.15, 0.2) is 168 Å². The number of carbonyl (C=O) groups is 3. The minimum absolute atomic E-state index is 0.0562. The molecule has 0 aliphatic carbocycles. The second-order valence-corrected chi connectivity index (χ2v) is 17.3. The van der Waals surface area contributed by atoms with Crippen molar-refractivity contribution >= 4 is 62.0 Å². The van der Waals surface area contributed by atoms with Gasteiger partial charge in [-0.15, -0.1) is 11.8 Å². The summed E-state index contributed by atoms with van der Waals surface area (Å²) in [7, 11) is -4.15. The summed E-state index contributed by atoms with van der Waals surface area (Å²) in [5.41, 5.74) is 7.19. The van der Waals surface area contributed by atoms with E-state index in [-0.39, 0.29) is 28.2 Å². The van der Waals surface area contributed by atoms with Crippen LogP contribution in [0.1, 0.15) is 39.7 Å². The Hall–Kier alpha value is -6.82. The van der Waals surface area contributed by atoms with Gasteiger partial charge in [0, 0.05) is 28.2 Å². The fraction of sp³-hybridized carbons (Fsp3) is 0.136. The van der Waals surface area contributed by atoms with Gasteiger partial charge in [-0.25, -0.2) is 4.79 Å². The third-order valence-corrected chi connectivity index (χ3v) is 12.1. The summed E-state index contributed by atoms with van der Waals surface area (Å²) in [6.45, 7) is 0. The zero-order valence-electron chi connectivity index (χ0n) is 32.2. The average Bonchev–Trinajstić information content (AvgIpc) is 3.72. The summed E-state index contributed by atoms with van der Waals surface area (Å²) >= 11 is 1.92. The fourth-order valence-electron chi connectivity index (χ4n) is 7.09. The van der Waals surface area contributed by atoms with E-state index in [2.05, 4.69) is 19.8 Å². The van der Waals surface area contributed by atoms with E-state index in [1.54, 1.807) is 48.5 Å². The molecule has 0 radical (unpaired) electrons. The standard InChI is InChI=1S/C44H36N6O8S3/c1-61(54,55)57-33-27-59-41-35(40(52)50(41)36(33)42(53)56-37(28-17-7-2-8-18-28)29-19-9-3-10-20-29)46-39(51)34(38-47-43(45)60-49-38)48-58-44(30-21-11-4-12-22-30,31-23-13-5-14-24-31)32-25-15-6-16-26-32/h2-26,35,37,41H,27H2,1H3,(H,46,51)(H2,45,47,49)/b48-34-. The highest BCUT2D eigenvalue weighted by atomic mass is 32.2. The van der Waals surface area contributed by atoms with Gasteiger partial charge in [-0.1, -0.05) is 157 Å². The van der Waals surface area contributed by atoms with Gasteiger partial charge in [-0.05, 0) is 11.1 Å². The van der Waals surface area contributed by atoms with Gasteiger partial charge >= 0.3 is 16.1 Å². The fourth-order valence-corrected chi connectivity index (χ4v) is 9.36. The molecule has 3 heterocycles. The minimum Gasteiger partial charge on any atom is -0.448 e. The summed E-state index contributed by atoms with van der Waals surface area (Å²) in [6, 6.07) is 44.8. The molecule has 17 heteroatoms. The number of hydrogen-bond donors (Lipinski definition) is 2. The van der Waals surface area contributed by atoms with Crippen molar-refractivity contribution in [3.05, 3.63) is 197 Å². The van der Waals surface area contributed by atoms with Crippen LogP contribution in [0.2, 0.25) is 0 Å². The van der Waals surface area contributed by atoms with Crippen LogP contribution in [0.5, 0.6) is 0 Å². The first kappa shape index (κ1) is 40.9. The number of nitrogens with two attached hydrogens (primary N) is 1. The number of carbonyl (C=O) groups excluding carboxylic acids is 3. The molecular formula is C44H36N6O8S3. The highest BCUT2D eigenvalue weighted by Gasteiger charge is 2.56. The number of benzene rings is 5. The molecule has 61 heavy (non-hydrogen) atoms. The van der Waals surface area contributed by atoms with Crippen LogP contribution in [-0.4, -0.2) is 69.6 Å². The lowest BCUT2D eigenvalue weighted by molar-refractivity contribution is -0.154. The maximum atomic E-state index is 14.4. The van der Waals surface area contributed by atoms with Gasteiger partial charge < -0.3 is 24.8 Å². The molecule has 308 valence electrons. The Morgan fingerprint density at radius 1 is 0.820 bits per heavy atom. The Balaban J connectivity index is 1.13. The molecule has 1 saturated heterocycles. The molecule has 2 unspecified atom stereocenters. The predicted molar refractivity (Wildman–Crippen MR) is 230 cm³/mol. The van der Waals surface area contributed by atoms with Crippen LogP contribution < -0.4 is 11.1 Å². The Bertz CT molecular complexity index is 2590. The number of oxime groups is 1. The van der Waals surface area contributed by atoms with Crippen LogP contribution in [0.4, 0.5) is 5.13 Å². The molecule has 0 bridgehead atoms. The number of esters is 1. The Morgan fingerprint density at radius 2 is 1.31 bits per heavy atom. The summed E-state index contributed by atoms with van der Waals surface area (Å²) < 4.78 is 40.5. The summed E-state index contributed by atoms with van der Waals surface area (Å²) in [5, 5.41) is 6.37. The molecule has 6 aromatic rings. The highest BCUT2D eigenvalue weighted by Crippen LogP contribution is 2.43.